The third-order valence-electron chi connectivity index (χ3n) is 5.34. The van der Waals surface area contributed by atoms with Crippen molar-refractivity contribution in [3.63, 3.8) is 0 Å². The Balaban J connectivity index is 1.47. The first-order valence-electron chi connectivity index (χ1n) is 11.2. The number of anilines is 4. The molecule has 0 saturated heterocycles. The molecule has 0 fully saturated rings. The molecule has 3 rings (SSSR count). The summed E-state index contributed by atoms with van der Waals surface area (Å²) in [5.74, 6) is 0.643. The van der Waals surface area contributed by atoms with Gasteiger partial charge in [-0.25, -0.2) is 9.78 Å². The Labute approximate surface area is 204 Å². The van der Waals surface area contributed by atoms with Gasteiger partial charge in [0.25, 0.3) is 0 Å². The van der Waals surface area contributed by atoms with Crippen LogP contribution >= 0.6 is 11.3 Å². The number of thiazole rings is 1. The minimum Gasteiger partial charge on any atom is -0.497 e. The van der Waals surface area contributed by atoms with E-state index in [2.05, 4.69) is 45.7 Å². The molecule has 3 amide bonds. The minimum absolute atomic E-state index is 0.0709. The fourth-order valence-corrected chi connectivity index (χ4v) is 4.18. The van der Waals surface area contributed by atoms with Crippen LogP contribution in [0.25, 0.3) is 0 Å². The molecular formula is C25H31N5O3S. The van der Waals surface area contributed by atoms with Crippen LogP contribution in [0.3, 0.4) is 0 Å². The Morgan fingerprint density at radius 1 is 1.03 bits per heavy atom. The molecule has 1 heterocycles. The van der Waals surface area contributed by atoms with E-state index in [1.165, 1.54) is 11.3 Å². The van der Waals surface area contributed by atoms with Crippen LogP contribution in [0.1, 0.15) is 31.5 Å². The molecule has 0 radical (unpaired) electrons. The van der Waals surface area contributed by atoms with Crippen molar-refractivity contribution in [3.8, 4) is 5.75 Å². The standard InChI is InChI=1S/C25H31N5O3S/c1-5-30(6-2)20-10-13-22(17(3)15-20)28-23(31)14-9-19-16-34-25(27-19)29-24(32)26-18-7-11-21(33-4)12-8-18/h7-8,10-13,15-16H,5-6,9,14H2,1-4H3,(H,28,31)(H2,26,27,29,32). The molecule has 0 unspecified atom stereocenters. The van der Waals surface area contributed by atoms with Crippen molar-refractivity contribution in [1.82, 2.24) is 4.98 Å². The summed E-state index contributed by atoms with van der Waals surface area (Å²) in [6, 6.07) is 12.7. The number of aryl methyl sites for hydroxylation is 2. The van der Waals surface area contributed by atoms with Gasteiger partial charge in [0, 0.05) is 42.0 Å². The number of amides is 3. The highest BCUT2D eigenvalue weighted by atomic mass is 32.1. The first-order valence-corrected chi connectivity index (χ1v) is 12.1. The van der Waals surface area contributed by atoms with Gasteiger partial charge in [-0.3, -0.25) is 10.1 Å². The smallest absolute Gasteiger partial charge is 0.325 e. The highest BCUT2D eigenvalue weighted by Gasteiger charge is 2.11. The third kappa shape index (κ3) is 6.95. The summed E-state index contributed by atoms with van der Waals surface area (Å²) >= 11 is 1.32. The van der Waals surface area contributed by atoms with Crippen LogP contribution in [0.5, 0.6) is 5.75 Å². The van der Waals surface area contributed by atoms with Gasteiger partial charge in [0.05, 0.1) is 12.8 Å². The first-order chi connectivity index (χ1) is 16.4. The van der Waals surface area contributed by atoms with E-state index in [9.17, 15) is 9.59 Å². The highest BCUT2D eigenvalue weighted by Crippen LogP contribution is 2.23. The van der Waals surface area contributed by atoms with E-state index >= 15 is 0 Å². The number of nitrogens with one attached hydrogen (secondary N) is 3. The maximum atomic E-state index is 12.5. The lowest BCUT2D eigenvalue weighted by Crippen LogP contribution is -2.22. The zero-order chi connectivity index (χ0) is 24.5. The van der Waals surface area contributed by atoms with Crippen LogP contribution in [0.15, 0.2) is 47.8 Å². The number of aromatic nitrogens is 1. The SMILES string of the molecule is CCN(CC)c1ccc(NC(=O)CCc2csc(NC(=O)Nc3ccc(OC)cc3)n2)c(C)c1. The predicted molar refractivity (Wildman–Crippen MR) is 139 cm³/mol. The average Bonchev–Trinajstić information content (AvgIpc) is 3.27. The minimum atomic E-state index is -0.382. The zero-order valence-corrected chi connectivity index (χ0v) is 20.8. The van der Waals surface area contributed by atoms with E-state index in [1.54, 1.807) is 31.4 Å². The first kappa shape index (κ1) is 25.0. The van der Waals surface area contributed by atoms with Crippen molar-refractivity contribution < 1.29 is 14.3 Å². The maximum Gasteiger partial charge on any atom is 0.325 e. The highest BCUT2D eigenvalue weighted by molar-refractivity contribution is 7.13. The van der Waals surface area contributed by atoms with Gasteiger partial charge in [-0.15, -0.1) is 11.3 Å². The number of rotatable bonds is 10. The molecule has 0 spiro atoms. The molecule has 0 aliphatic heterocycles. The lowest BCUT2D eigenvalue weighted by molar-refractivity contribution is -0.116. The summed E-state index contributed by atoms with van der Waals surface area (Å²) in [5.41, 5.74) is 4.40. The normalized spacial score (nSPS) is 10.5. The fourth-order valence-electron chi connectivity index (χ4n) is 3.44. The lowest BCUT2D eigenvalue weighted by atomic mass is 10.1. The molecule has 3 N–H and O–H groups in total. The number of carbonyl (C=O) groups excluding carboxylic acids is 2. The van der Waals surface area contributed by atoms with Crippen LogP contribution in [0.2, 0.25) is 0 Å². The van der Waals surface area contributed by atoms with E-state index in [1.807, 2.05) is 24.4 Å². The van der Waals surface area contributed by atoms with E-state index in [4.69, 9.17) is 4.74 Å². The molecule has 8 nitrogen and oxygen atoms in total. The van der Waals surface area contributed by atoms with Crippen molar-refractivity contribution >= 4 is 45.5 Å². The van der Waals surface area contributed by atoms with Crippen molar-refractivity contribution in [1.29, 1.82) is 0 Å². The number of methoxy groups -OCH3 is 1. The quantitative estimate of drug-likeness (QED) is 0.354. The molecule has 34 heavy (non-hydrogen) atoms. The van der Waals surface area contributed by atoms with Crippen LogP contribution in [0.4, 0.5) is 27.0 Å². The molecule has 0 saturated carbocycles. The Morgan fingerprint density at radius 3 is 2.41 bits per heavy atom. The van der Waals surface area contributed by atoms with Crippen molar-refractivity contribution in [2.45, 2.75) is 33.6 Å². The van der Waals surface area contributed by atoms with E-state index in [0.717, 1.165) is 35.7 Å². The van der Waals surface area contributed by atoms with Gasteiger partial charge < -0.3 is 20.3 Å². The number of urea groups is 1. The Bertz CT molecular complexity index is 1110. The van der Waals surface area contributed by atoms with Crippen LogP contribution < -0.4 is 25.6 Å². The van der Waals surface area contributed by atoms with E-state index in [0.29, 0.717) is 29.4 Å². The second-order valence-electron chi connectivity index (χ2n) is 7.67. The predicted octanol–water partition coefficient (Wildman–Crippen LogP) is 5.52. The van der Waals surface area contributed by atoms with Gasteiger partial charge in [0.2, 0.25) is 5.91 Å². The molecule has 0 bridgehead atoms. The number of carbonyl (C=O) groups is 2. The van der Waals surface area contributed by atoms with Crippen molar-refractivity contribution in [3.05, 3.63) is 59.1 Å². The summed E-state index contributed by atoms with van der Waals surface area (Å²) in [7, 11) is 1.59. The van der Waals surface area contributed by atoms with Crippen molar-refractivity contribution in [2.24, 2.45) is 0 Å². The molecule has 0 aliphatic rings. The molecule has 0 aliphatic carbocycles. The monoisotopic (exact) mass is 481 g/mol. The number of benzene rings is 2. The van der Waals surface area contributed by atoms with Gasteiger partial charge in [-0.1, -0.05) is 0 Å². The summed E-state index contributed by atoms with van der Waals surface area (Å²) in [5, 5.41) is 10.8. The third-order valence-corrected chi connectivity index (χ3v) is 6.15. The molecule has 9 heteroatoms. The Hall–Kier alpha value is -3.59. The lowest BCUT2D eigenvalue weighted by Gasteiger charge is -2.22. The number of nitrogens with zero attached hydrogens (tertiary/aromatic N) is 2. The summed E-state index contributed by atoms with van der Waals surface area (Å²) in [6.07, 6.45) is 0.791. The van der Waals surface area contributed by atoms with Gasteiger partial charge in [-0.05, 0) is 75.2 Å². The van der Waals surface area contributed by atoms with Gasteiger partial charge in [-0.2, -0.15) is 0 Å². The van der Waals surface area contributed by atoms with Gasteiger partial charge in [0.15, 0.2) is 5.13 Å². The van der Waals surface area contributed by atoms with Gasteiger partial charge in [0.1, 0.15) is 5.75 Å². The zero-order valence-electron chi connectivity index (χ0n) is 20.0. The largest absolute Gasteiger partial charge is 0.497 e. The fraction of sp³-hybridized carbons (Fsp3) is 0.320. The van der Waals surface area contributed by atoms with Crippen molar-refractivity contribution in [2.75, 3.05) is 41.0 Å². The summed E-state index contributed by atoms with van der Waals surface area (Å²) in [6.45, 7) is 8.13. The van der Waals surface area contributed by atoms with Crippen LogP contribution in [-0.2, 0) is 11.2 Å². The second kappa shape index (κ2) is 12.0. The van der Waals surface area contributed by atoms with E-state index < -0.39 is 0 Å². The van der Waals surface area contributed by atoms with Crippen LogP contribution in [-0.4, -0.2) is 37.1 Å². The molecule has 3 aromatic rings. The maximum absolute atomic E-state index is 12.5. The molecule has 1 aromatic heterocycles. The number of hydrogen-bond donors (Lipinski definition) is 3. The van der Waals surface area contributed by atoms with Crippen LogP contribution in [0, 0.1) is 6.92 Å². The summed E-state index contributed by atoms with van der Waals surface area (Å²) in [4.78, 5) is 31.3. The Kier molecular flexibility index (Phi) is 8.86. The molecule has 180 valence electrons. The summed E-state index contributed by atoms with van der Waals surface area (Å²) < 4.78 is 5.11. The van der Waals surface area contributed by atoms with E-state index in [-0.39, 0.29) is 11.9 Å². The number of ether oxygens (including phenoxy) is 1. The number of hydrogen-bond acceptors (Lipinski definition) is 6. The average molecular weight is 482 g/mol. The Morgan fingerprint density at radius 2 is 1.76 bits per heavy atom. The topological polar surface area (TPSA) is 95.6 Å². The second-order valence-corrected chi connectivity index (χ2v) is 8.53. The van der Waals surface area contributed by atoms with Gasteiger partial charge >= 0.3 is 6.03 Å². The molecule has 0 atom stereocenters. The molecular weight excluding hydrogens is 450 g/mol. The molecule has 2 aromatic carbocycles.